The highest BCUT2D eigenvalue weighted by atomic mass is 32.1. The van der Waals surface area contributed by atoms with Crippen LogP contribution in [0.5, 0.6) is 0 Å². The molecule has 25 heavy (non-hydrogen) atoms. The lowest BCUT2D eigenvalue weighted by atomic mass is 10.0. The van der Waals surface area contributed by atoms with Gasteiger partial charge in [-0.25, -0.2) is 9.78 Å². The van der Waals surface area contributed by atoms with E-state index < -0.39 is 18.1 Å². The minimum absolute atomic E-state index is 0.0215. The third-order valence-corrected chi connectivity index (χ3v) is 5.65. The Bertz CT molecular complexity index is 658. The van der Waals surface area contributed by atoms with Crippen LogP contribution in [0, 0.1) is 6.92 Å². The number of aromatic carboxylic acids is 1. The molecule has 2 heterocycles. The molecule has 8 heteroatoms. The van der Waals surface area contributed by atoms with Gasteiger partial charge in [0.1, 0.15) is 15.9 Å². The van der Waals surface area contributed by atoms with Gasteiger partial charge in [-0.3, -0.25) is 9.59 Å². The number of carboxylic acid groups (broad SMARTS) is 1. The molecular weight excluding hydrogens is 342 g/mol. The molecular formula is C17H25N3O4S. The maximum atomic E-state index is 12.7. The lowest BCUT2D eigenvalue weighted by Crippen LogP contribution is -2.52. The average molecular weight is 367 g/mol. The molecule has 0 saturated carbocycles. The second kappa shape index (κ2) is 8.42. The summed E-state index contributed by atoms with van der Waals surface area (Å²) < 4.78 is 0. The highest BCUT2D eigenvalue weighted by Gasteiger charge is 2.32. The topological polar surface area (TPSA) is 99.6 Å². The molecule has 2 unspecified atom stereocenters. The first kappa shape index (κ1) is 19.4. The van der Waals surface area contributed by atoms with Crippen molar-refractivity contribution in [2.24, 2.45) is 0 Å². The van der Waals surface area contributed by atoms with Crippen molar-refractivity contribution in [2.75, 3.05) is 6.54 Å². The van der Waals surface area contributed by atoms with Gasteiger partial charge in [0.05, 0.1) is 11.7 Å². The predicted molar refractivity (Wildman–Crippen MR) is 94.6 cm³/mol. The Morgan fingerprint density at radius 2 is 2.12 bits per heavy atom. The van der Waals surface area contributed by atoms with E-state index in [9.17, 15) is 14.4 Å². The van der Waals surface area contributed by atoms with Crippen LogP contribution in [0.4, 0.5) is 0 Å². The number of nitrogens with one attached hydrogen (secondary N) is 1. The van der Waals surface area contributed by atoms with Gasteiger partial charge < -0.3 is 15.3 Å². The minimum Gasteiger partial charge on any atom is -0.477 e. The quantitative estimate of drug-likeness (QED) is 0.805. The van der Waals surface area contributed by atoms with E-state index in [1.54, 1.807) is 18.7 Å². The Morgan fingerprint density at radius 3 is 2.72 bits per heavy atom. The molecule has 0 aromatic carbocycles. The number of aromatic nitrogens is 1. The average Bonchev–Trinajstić information content (AvgIpc) is 2.97. The number of rotatable bonds is 6. The lowest BCUT2D eigenvalue weighted by Gasteiger charge is -2.35. The molecule has 1 aromatic rings. The van der Waals surface area contributed by atoms with E-state index in [1.807, 2.05) is 6.92 Å². The third kappa shape index (κ3) is 4.56. The molecule has 1 aliphatic heterocycles. The molecule has 2 atom stereocenters. The summed E-state index contributed by atoms with van der Waals surface area (Å²) in [7, 11) is 0. The van der Waals surface area contributed by atoms with Crippen molar-refractivity contribution in [2.45, 2.75) is 65.0 Å². The summed E-state index contributed by atoms with van der Waals surface area (Å²) in [6.07, 6.45) is 3.71. The second-order valence-electron chi connectivity index (χ2n) is 6.35. The van der Waals surface area contributed by atoms with Crippen LogP contribution in [0.3, 0.4) is 0 Å². The Labute approximate surface area is 151 Å². The summed E-state index contributed by atoms with van der Waals surface area (Å²) in [4.78, 5) is 42.2. The zero-order chi connectivity index (χ0) is 18.6. The Hall–Kier alpha value is -1.96. The van der Waals surface area contributed by atoms with E-state index in [2.05, 4.69) is 10.3 Å². The summed E-state index contributed by atoms with van der Waals surface area (Å²) in [5.41, 5.74) is 0.450. The number of carbonyl (C=O) groups is 3. The van der Waals surface area contributed by atoms with Gasteiger partial charge in [-0.2, -0.15) is 0 Å². The van der Waals surface area contributed by atoms with Crippen LogP contribution in [0.2, 0.25) is 0 Å². The zero-order valence-electron chi connectivity index (χ0n) is 14.9. The number of thiazole rings is 1. The molecule has 1 saturated heterocycles. The summed E-state index contributed by atoms with van der Waals surface area (Å²) >= 11 is 1.07. The van der Waals surface area contributed by atoms with Crippen molar-refractivity contribution in [1.82, 2.24) is 15.2 Å². The fourth-order valence-corrected chi connectivity index (χ4v) is 3.94. The van der Waals surface area contributed by atoms with Crippen molar-refractivity contribution in [1.29, 1.82) is 0 Å². The minimum atomic E-state index is -1.01. The maximum Gasteiger partial charge on any atom is 0.347 e. The molecule has 0 aliphatic carbocycles. The van der Waals surface area contributed by atoms with E-state index in [0.29, 0.717) is 30.1 Å². The van der Waals surface area contributed by atoms with Crippen LogP contribution in [-0.4, -0.2) is 45.4 Å². The van der Waals surface area contributed by atoms with E-state index >= 15 is 0 Å². The number of carbonyl (C=O) groups excluding carboxylic acids is 2. The largest absolute Gasteiger partial charge is 0.477 e. The number of nitrogens with zero attached hydrogens (tertiary/aromatic N) is 2. The highest BCUT2D eigenvalue weighted by Crippen LogP contribution is 2.25. The molecule has 1 aromatic heterocycles. The van der Waals surface area contributed by atoms with Crippen molar-refractivity contribution in [3.8, 4) is 0 Å². The van der Waals surface area contributed by atoms with Crippen molar-refractivity contribution >= 4 is 29.1 Å². The number of piperidine rings is 1. The van der Waals surface area contributed by atoms with Crippen molar-refractivity contribution < 1.29 is 19.5 Å². The van der Waals surface area contributed by atoms with Crippen LogP contribution < -0.4 is 5.32 Å². The zero-order valence-corrected chi connectivity index (χ0v) is 15.7. The van der Waals surface area contributed by atoms with E-state index in [1.165, 1.54) is 0 Å². The summed E-state index contributed by atoms with van der Waals surface area (Å²) in [6.45, 7) is 5.99. The first-order valence-corrected chi connectivity index (χ1v) is 9.47. The Balaban J connectivity index is 2.07. The van der Waals surface area contributed by atoms with Gasteiger partial charge in [-0.05, 0) is 39.5 Å². The van der Waals surface area contributed by atoms with E-state index in [4.69, 9.17) is 5.11 Å². The van der Waals surface area contributed by atoms with E-state index in [0.717, 1.165) is 30.6 Å². The molecule has 138 valence electrons. The molecule has 2 rings (SSSR count). The number of carboxylic acids is 1. The van der Waals surface area contributed by atoms with Crippen LogP contribution in [0.15, 0.2) is 0 Å². The van der Waals surface area contributed by atoms with Gasteiger partial charge in [0, 0.05) is 13.0 Å². The SMILES string of the molecule is CCCC(=O)N1CCCCC1C(=O)NC(C)c1nc(C)c(C(=O)O)s1. The molecule has 0 radical (unpaired) electrons. The first-order valence-electron chi connectivity index (χ1n) is 8.65. The van der Waals surface area contributed by atoms with E-state index in [-0.39, 0.29) is 16.7 Å². The first-order chi connectivity index (χ1) is 11.8. The van der Waals surface area contributed by atoms with Crippen molar-refractivity contribution in [3.63, 3.8) is 0 Å². The van der Waals surface area contributed by atoms with Crippen LogP contribution in [-0.2, 0) is 9.59 Å². The standard InChI is InChI=1S/C17H25N3O4S/c1-4-7-13(21)20-9-6-5-8-12(20)15(22)18-11(3)16-19-10(2)14(25-16)17(23)24/h11-12H,4-9H2,1-3H3,(H,18,22)(H,23,24). The fraction of sp³-hybridized carbons (Fsp3) is 0.647. The second-order valence-corrected chi connectivity index (χ2v) is 7.38. The summed E-state index contributed by atoms with van der Waals surface area (Å²) in [5, 5.41) is 12.6. The highest BCUT2D eigenvalue weighted by molar-refractivity contribution is 7.13. The van der Waals surface area contributed by atoms with Crippen molar-refractivity contribution in [3.05, 3.63) is 15.6 Å². The van der Waals surface area contributed by atoms with Crippen LogP contribution in [0.25, 0.3) is 0 Å². The molecule has 2 N–H and O–H groups in total. The number of aryl methyl sites for hydroxylation is 1. The van der Waals surface area contributed by atoms with Crippen LogP contribution >= 0.6 is 11.3 Å². The smallest absolute Gasteiger partial charge is 0.347 e. The molecule has 0 bridgehead atoms. The normalized spacial score (nSPS) is 18.7. The molecule has 0 spiro atoms. The molecule has 1 aliphatic rings. The van der Waals surface area contributed by atoms with Gasteiger partial charge in [0.15, 0.2) is 0 Å². The summed E-state index contributed by atoms with van der Waals surface area (Å²) in [6, 6.07) is -0.843. The van der Waals surface area contributed by atoms with Gasteiger partial charge in [-0.1, -0.05) is 6.92 Å². The molecule has 7 nitrogen and oxygen atoms in total. The number of likely N-dealkylation sites (tertiary alicyclic amines) is 1. The predicted octanol–water partition coefficient (Wildman–Crippen LogP) is 2.51. The van der Waals surface area contributed by atoms with Crippen LogP contribution in [0.1, 0.15) is 72.4 Å². The number of hydrogen-bond donors (Lipinski definition) is 2. The third-order valence-electron chi connectivity index (χ3n) is 4.33. The van der Waals surface area contributed by atoms with Gasteiger partial charge in [0.2, 0.25) is 11.8 Å². The van der Waals surface area contributed by atoms with Gasteiger partial charge in [-0.15, -0.1) is 11.3 Å². The lowest BCUT2D eigenvalue weighted by molar-refractivity contribution is -0.142. The van der Waals surface area contributed by atoms with Gasteiger partial charge >= 0.3 is 5.97 Å². The summed E-state index contributed by atoms with van der Waals surface area (Å²) in [5.74, 6) is -1.18. The molecule has 1 fully saturated rings. The maximum absolute atomic E-state index is 12.7. The molecule has 2 amide bonds. The number of hydrogen-bond acceptors (Lipinski definition) is 5. The number of amides is 2. The van der Waals surface area contributed by atoms with Gasteiger partial charge in [0.25, 0.3) is 0 Å². The Morgan fingerprint density at radius 1 is 1.40 bits per heavy atom. The monoisotopic (exact) mass is 367 g/mol. The Kier molecular flexibility index (Phi) is 6.52. The fourth-order valence-electron chi connectivity index (χ4n) is 3.03.